The van der Waals surface area contributed by atoms with Gasteiger partial charge in [-0.1, -0.05) is 50.1 Å². The number of nitriles is 1. The van der Waals surface area contributed by atoms with Crippen molar-refractivity contribution in [3.63, 3.8) is 0 Å². The first-order chi connectivity index (χ1) is 13.5. The molecule has 2 rings (SSSR count). The molecule has 0 spiro atoms. The monoisotopic (exact) mass is 381 g/mol. The molecule has 0 saturated heterocycles. The summed E-state index contributed by atoms with van der Waals surface area (Å²) in [5.41, 5.74) is 1.86. The van der Waals surface area contributed by atoms with Gasteiger partial charge in [0.05, 0.1) is 12.1 Å². The normalized spacial score (nSPS) is 24.4. The van der Waals surface area contributed by atoms with Crippen LogP contribution in [0.3, 0.4) is 0 Å². The maximum Gasteiger partial charge on any atom is 0.335 e. The van der Waals surface area contributed by atoms with E-state index in [1.54, 1.807) is 25.1 Å². The highest BCUT2D eigenvalue weighted by molar-refractivity contribution is 5.89. The third-order valence-corrected chi connectivity index (χ3v) is 5.15. The standard InChI is InChI=1S/C24H28FNO2/c1-3-5-23(15-14-22(25)16-17-26)28-24(27)21-7-4-6-19(12-13-21)20-10-8-18(2)9-11-20/h3-6,12-16,18,20,23H,7-11H2,1-2H3/b5-3+,15-14-,22-16-. The molecule has 0 radical (unpaired) electrons. The van der Waals surface area contributed by atoms with Crippen LogP contribution in [0.15, 0.2) is 71.7 Å². The van der Waals surface area contributed by atoms with Crippen molar-refractivity contribution in [3.05, 3.63) is 71.7 Å². The molecule has 148 valence electrons. The number of ether oxygens (including phenoxy) is 1. The first-order valence-electron chi connectivity index (χ1n) is 9.88. The second-order valence-electron chi connectivity index (χ2n) is 7.34. The number of allylic oxidation sites excluding steroid dienone is 9. The third-order valence-electron chi connectivity index (χ3n) is 5.15. The Labute approximate surface area is 167 Å². The second kappa shape index (κ2) is 11.2. The Hall–Kier alpha value is -2.67. The number of halogens is 1. The molecule has 1 fully saturated rings. The molecule has 0 N–H and O–H groups in total. The maximum atomic E-state index is 13.4. The fourth-order valence-corrected chi connectivity index (χ4v) is 3.49. The van der Waals surface area contributed by atoms with E-state index in [2.05, 4.69) is 13.0 Å². The van der Waals surface area contributed by atoms with Gasteiger partial charge in [-0.05, 0) is 61.8 Å². The van der Waals surface area contributed by atoms with Crippen LogP contribution in [-0.4, -0.2) is 12.1 Å². The van der Waals surface area contributed by atoms with Gasteiger partial charge in [0.1, 0.15) is 11.9 Å². The van der Waals surface area contributed by atoms with Crippen molar-refractivity contribution in [3.8, 4) is 6.07 Å². The van der Waals surface area contributed by atoms with Gasteiger partial charge in [0.15, 0.2) is 0 Å². The van der Waals surface area contributed by atoms with E-state index >= 15 is 0 Å². The van der Waals surface area contributed by atoms with Crippen molar-refractivity contribution in [2.45, 2.75) is 52.1 Å². The Bertz CT molecular complexity index is 769. The zero-order valence-corrected chi connectivity index (χ0v) is 16.6. The molecule has 2 aliphatic rings. The van der Waals surface area contributed by atoms with Crippen LogP contribution in [0.4, 0.5) is 4.39 Å². The molecule has 2 aliphatic carbocycles. The minimum atomic E-state index is -0.688. The van der Waals surface area contributed by atoms with Crippen molar-refractivity contribution >= 4 is 5.97 Å². The Kier molecular flexibility index (Phi) is 8.68. The van der Waals surface area contributed by atoms with Gasteiger partial charge in [-0.3, -0.25) is 0 Å². The molecule has 0 bridgehead atoms. The topological polar surface area (TPSA) is 50.1 Å². The summed E-state index contributed by atoms with van der Waals surface area (Å²) < 4.78 is 18.8. The summed E-state index contributed by atoms with van der Waals surface area (Å²) in [6.07, 6.45) is 19.5. The molecule has 0 aromatic heterocycles. The summed E-state index contributed by atoms with van der Waals surface area (Å²) in [5, 5.41) is 8.46. The molecule has 0 heterocycles. The highest BCUT2D eigenvalue weighted by atomic mass is 19.1. The van der Waals surface area contributed by atoms with E-state index in [1.807, 2.05) is 18.2 Å². The van der Waals surface area contributed by atoms with Gasteiger partial charge >= 0.3 is 5.97 Å². The van der Waals surface area contributed by atoms with Crippen LogP contribution in [0.25, 0.3) is 0 Å². The summed E-state index contributed by atoms with van der Waals surface area (Å²) in [4.78, 5) is 12.6. The summed E-state index contributed by atoms with van der Waals surface area (Å²) >= 11 is 0. The number of nitrogens with zero attached hydrogens (tertiary/aromatic N) is 1. The van der Waals surface area contributed by atoms with Crippen LogP contribution in [0.5, 0.6) is 0 Å². The molecule has 1 saturated carbocycles. The second-order valence-corrected chi connectivity index (χ2v) is 7.34. The number of hydrogen-bond donors (Lipinski definition) is 0. The van der Waals surface area contributed by atoms with Crippen molar-refractivity contribution in [2.24, 2.45) is 11.8 Å². The van der Waals surface area contributed by atoms with Gasteiger partial charge in [0.25, 0.3) is 0 Å². The van der Waals surface area contributed by atoms with Crippen molar-refractivity contribution in [1.82, 2.24) is 0 Å². The molecular formula is C24H28FNO2. The predicted octanol–water partition coefficient (Wildman–Crippen LogP) is 6.05. The lowest BCUT2D eigenvalue weighted by Crippen LogP contribution is -2.15. The molecule has 0 aromatic rings. The fraction of sp³-hybridized carbons (Fsp3) is 0.417. The molecule has 0 aromatic carbocycles. The van der Waals surface area contributed by atoms with Crippen LogP contribution in [0.1, 0.15) is 46.0 Å². The van der Waals surface area contributed by atoms with Gasteiger partial charge in [0.2, 0.25) is 0 Å². The van der Waals surface area contributed by atoms with E-state index in [0.29, 0.717) is 17.9 Å². The van der Waals surface area contributed by atoms with E-state index in [0.717, 1.165) is 18.1 Å². The van der Waals surface area contributed by atoms with Gasteiger partial charge in [0, 0.05) is 5.57 Å². The Morgan fingerprint density at radius 3 is 2.71 bits per heavy atom. The number of carbonyl (C=O) groups excluding carboxylic acids is 1. The summed E-state index contributed by atoms with van der Waals surface area (Å²) in [7, 11) is 0. The molecule has 0 amide bonds. The highest BCUT2D eigenvalue weighted by Gasteiger charge is 2.21. The van der Waals surface area contributed by atoms with E-state index in [9.17, 15) is 9.18 Å². The number of hydrogen-bond acceptors (Lipinski definition) is 3. The molecule has 1 unspecified atom stereocenters. The van der Waals surface area contributed by atoms with Gasteiger partial charge in [-0.2, -0.15) is 5.26 Å². The van der Waals surface area contributed by atoms with Crippen molar-refractivity contribution in [2.75, 3.05) is 0 Å². The smallest absolute Gasteiger partial charge is 0.335 e. The largest absolute Gasteiger partial charge is 0.450 e. The lowest BCUT2D eigenvalue weighted by atomic mass is 9.79. The van der Waals surface area contributed by atoms with E-state index in [1.165, 1.54) is 37.3 Å². The minimum Gasteiger partial charge on any atom is -0.450 e. The lowest BCUT2D eigenvalue weighted by Gasteiger charge is -2.26. The quantitative estimate of drug-likeness (QED) is 0.244. The molecule has 1 atom stereocenters. The number of esters is 1. The lowest BCUT2D eigenvalue weighted by molar-refractivity contribution is -0.140. The SMILES string of the molecule is C/C=C/C(/C=C\C(F)=C\C#N)OC(=O)C1=CC=C(C2CCC(C)CC2)C=CC1. The average Bonchev–Trinajstić information content (AvgIpc) is 2.93. The zero-order valence-electron chi connectivity index (χ0n) is 16.6. The van der Waals surface area contributed by atoms with Crippen LogP contribution in [0, 0.1) is 23.2 Å². The fourth-order valence-electron chi connectivity index (χ4n) is 3.49. The summed E-state index contributed by atoms with van der Waals surface area (Å²) in [6, 6.07) is 1.62. The summed E-state index contributed by atoms with van der Waals surface area (Å²) in [6.45, 7) is 4.10. The van der Waals surface area contributed by atoms with Crippen molar-refractivity contribution < 1.29 is 13.9 Å². The molecule has 3 nitrogen and oxygen atoms in total. The Balaban J connectivity index is 2.05. The predicted molar refractivity (Wildman–Crippen MR) is 110 cm³/mol. The van der Waals surface area contributed by atoms with E-state index in [4.69, 9.17) is 10.00 Å². The molecule has 0 aliphatic heterocycles. The van der Waals surface area contributed by atoms with Crippen LogP contribution in [-0.2, 0) is 9.53 Å². The average molecular weight is 381 g/mol. The zero-order chi connectivity index (χ0) is 20.4. The van der Waals surface area contributed by atoms with Crippen molar-refractivity contribution in [1.29, 1.82) is 5.26 Å². The third kappa shape index (κ3) is 6.81. The Morgan fingerprint density at radius 2 is 2.04 bits per heavy atom. The van der Waals surface area contributed by atoms with E-state index in [-0.39, 0.29) is 0 Å². The van der Waals surface area contributed by atoms with Gasteiger partial charge in [-0.15, -0.1) is 0 Å². The Morgan fingerprint density at radius 1 is 1.29 bits per heavy atom. The highest BCUT2D eigenvalue weighted by Crippen LogP contribution is 2.34. The first kappa shape index (κ1) is 21.6. The summed E-state index contributed by atoms with van der Waals surface area (Å²) in [5.74, 6) is 0.265. The van der Waals surface area contributed by atoms with Crippen LogP contribution >= 0.6 is 0 Å². The van der Waals surface area contributed by atoms with Gasteiger partial charge < -0.3 is 4.74 Å². The maximum absolute atomic E-state index is 13.4. The molecule has 4 heteroatoms. The molecular weight excluding hydrogens is 353 g/mol. The molecule has 28 heavy (non-hydrogen) atoms. The van der Waals surface area contributed by atoms with Crippen LogP contribution < -0.4 is 0 Å². The van der Waals surface area contributed by atoms with Crippen LogP contribution in [0.2, 0.25) is 0 Å². The minimum absolute atomic E-state index is 0.420. The van der Waals surface area contributed by atoms with E-state index < -0.39 is 17.9 Å². The number of carbonyl (C=O) groups is 1. The number of rotatable bonds is 6. The van der Waals surface area contributed by atoms with Gasteiger partial charge in [-0.25, -0.2) is 9.18 Å². The first-order valence-corrected chi connectivity index (χ1v) is 9.88.